The summed E-state index contributed by atoms with van der Waals surface area (Å²) in [5.41, 5.74) is 12.7. The molecule has 1 fully saturated rings. The van der Waals surface area contributed by atoms with Crippen molar-refractivity contribution in [2.45, 2.75) is 24.8 Å². The number of nitrogen functional groups attached to an aromatic ring is 2. The first-order valence-corrected chi connectivity index (χ1v) is 7.55. The maximum absolute atomic E-state index is 5.74. The molecule has 0 bridgehead atoms. The molecular weight excluding hydrogens is 290 g/mol. The lowest BCUT2D eigenvalue weighted by Crippen LogP contribution is -2.35. The first-order chi connectivity index (χ1) is 11.2. The number of aromatic nitrogens is 4. The predicted molar refractivity (Wildman–Crippen MR) is 89.8 cm³/mol. The van der Waals surface area contributed by atoms with E-state index in [1.165, 1.54) is 0 Å². The third-order valence-corrected chi connectivity index (χ3v) is 4.19. The van der Waals surface area contributed by atoms with Crippen LogP contribution in [-0.4, -0.2) is 26.0 Å². The summed E-state index contributed by atoms with van der Waals surface area (Å²) in [7, 11) is 0. The van der Waals surface area contributed by atoms with Crippen molar-refractivity contribution >= 4 is 28.4 Å². The molecule has 2 aromatic heterocycles. The van der Waals surface area contributed by atoms with Crippen molar-refractivity contribution in [3.63, 3.8) is 0 Å². The van der Waals surface area contributed by atoms with E-state index >= 15 is 0 Å². The third-order valence-electron chi connectivity index (χ3n) is 4.19. The molecule has 1 saturated carbocycles. The Kier molecular flexibility index (Phi) is 3.18. The smallest absolute Gasteiger partial charge is 0.223 e. The zero-order valence-electron chi connectivity index (χ0n) is 12.5. The number of hydrogen-bond donors (Lipinski definition) is 3. The van der Waals surface area contributed by atoms with Crippen molar-refractivity contribution in [1.82, 2.24) is 19.9 Å². The van der Waals surface area contributed by atoms with Crippen LogP contribution in [0.2, 0.25) is 0 Å². The van der Waals surface area contributed by atoms with Gasteiger partial charge in [0, 0.05) is 23.5 Å². The summed E-state index contributed by atoms with van der Waals surface area (Å²) in [4.78, 5) is 17.4. The average molecular weight is 307 g/mol. The van der Waals surface area contributed by atoms with Gasteiger partial charge in [-0.1, -0.05) is 18.2 Å². The summed E-state index contributed by atoms with van der Waals surface area (Å²) in [6.07, 6.45) is 5.27. The number of hydrogen-bond acceptors (Lipinski definition) is 7. The van der Waals surface area contributed by atoms with Gasteiger partial charge < -0.3 is 16.8 Å². The lowest BCUT2D eigenvalue weighted by molar-refractivity contribution is 0.358. The van der Waals surface area contributed by atoms with Gasteiger partial charge in [-0.15, -0.1) is 0 Å². The van der Waals surface area contributed by atoms with Gasteiger partial charge >= 0.3 is 0 Å². The van der Waals surface area contributed by atoms with Crippen LogP contribution in [0.5, 0.6) is 0 Å². The monoisotopic (exact) mass is 307 g/mol. The Morgan fingerprint density at radius 1 is 1.00 bits per heavy atom. The predicted octanol–water partition coefficient (Wildman–Crippen LogP) is 1.94. The largest absolute Gasteiger partial charge is 0.394 e. The summed E-state index contributed by atoms with van der Waals surface area (Å²) < 4.78 is 0. The lowest BCUT2D eigenvalue weighted by Gasteiger charge is -2.34. The first-order valence-electron chi connectivity index (χ1n) is 7.55. The minimum atomic E-state index is 0.302. The van der Waals surface area contributed by atoms with E-state index in [0.717, 1.165) is 29.6 Å². The van der Waals surface area contributed by atoms with Crippen LogP contribution in [0.15, 0.2) is 36.7 Å². The summed E-state index contributed by atoms with van der Waals surface area (Å²) in [6, 6.07) is 8.26. The Morgan fingerprint density at radius 2 is 1.83 bits per heavy atom. The summed E-state index contributed by atoms with van der Waals surface area (Å²) in [5.74, 6) is 2.07. The molecule has 0 spiro atoms. The summed E-state index contributed by atoms with van der Waals surface area (Å²) in [6.45, 7) is 0. The van der Waals surface area contributed by atoms with Gasteiger partial charge in [-0.25, -0.2) is 19.9 Å². The third kappa shape index (κ3) is 2.61. The molecule has 0 amide bonds. The molecule has 0 unspecified atom stereocenters. The zero-order chi connectivity index (χ0) is 15.8. The highest BCUT2D eigenvalue weighted by Crippen LogP contribution is 2.37. The molecule has 0 saturated heterocycles. The normalized spacial score (nSPS) is 20.2. The molecule has 23 heavy (non-hydrogen) atoms. The van der Waals surface area contributed by atoms with E-state index in [2.05, 4.69) is 25.3 Å². The molecule has 5 N–H and O–H groups in total. The van der Waals surface area contributed by atoms with E-state index in [1.807, 2.05) is 30.5 Å². The van der Waals surface area contributed by atoms with Crippen LogP contribution in [-0.2, 0) is 0 Å². The second-order valence-corrected chi connectivity index (χ2v) is 5.83. The Balaban J connectivity index is 1.42. The van der Waals surface area contributed by atoms with Crippen LogP contribution in [0.25, 0.3) is 10.9 Å². The summed E-state index contributed by atoms with van der Waals surface area (Å²) in [5, 5.41) is 4.40. The van der Waals surface area contributed by atoms with Crippen LogP contribution < -0.4 is 16.8 Å². The highest BCUT2D eigenvalue weighted by Gasteiger charge is 2.33. The first kappa shape index (κ1) is 13.7. The summed E-state index contributed by atoms with van der Waals surface area (Å²) >= 11 is 0. The Bertz CT molecular complexity index is 858. The number of nitrogens with two attached hydrogens (primary N) is 2. The fourth-order valence-electron chi connectivity index (χ4n) is 2.79. The highest BCUT2D eigenvalue weighted by atomic mass is 15.1. The molecule has 2 heterocycles. The topological polar surface area (TPSA) is 116 Å². The van der Waals surface area contributed by atoms with Gasteiger partial charge in [-0.05, 0) is 18.9 Å². The van der Waals surface area contributed by atoms with E-state index in [-0.39, 0.29) is 0 Å². The van der Waals surface area contributed by atoms with Crippen molar-refractivity contribution in [3.8, 4) is 0 Å². The Morgan fingerprint density at radius 3 is 2.65 bits per heavy atom. The Hall–Kier alpha value is -2.96. The number of nitrogens with one attached hydrogen (secondary N) is 1. The van der Waals surface area contributed by atoms with Gasteiger partial charge in [0.05, 0.1) is 17.4 Å². The average Bonchev–Trinajstić information content (AvgIpc) is 2.53. The quantitative estimate of drug-likeness (QED) is 0.677. The standard InChI is InChI=1S/C16H17N7/c17-12-8-19-15(23-14(12)18)10-5-11(6-10)21-16-20-7-9-3-1-2-4-13(9)22-16/h1-4,7-8,10-11H,5-6,17H2,(H2,18,19,23)(H,20,21,22)/t10-,11-. The molecular formula is C16H17N7. The van der Waals surface area contributed by atoms with Gasteiger partial charge in [-0.2, -0.15) is 0 Å². The molecule has 1 aromatic carbocycles. The van der Waals surface area contributed by atoms with Crippen LogP contribution in [0, 0.1) is 0 Å². The van der Waals surface area contributed by atoms with E-state index in [0.29, 0.717) is 29.4 Å². The van der Waals surface area contributed by atoms with Gasteiger partial charge in [0.2, 0.25) is 5.95 Å². The van der Waals surface area contributed by atoms with Gasteiger partial charge in [-0.3, -0.25) is 0 Å². The zero-order valence-corrected chi connectivity index (χ0v) is 12.5. The second kappa shape index (κ2) is 5.35. The van der Waals surface area contributed by atoms with Crippen molar-refractivity contribution in [1.29, 1.82) is 0 Å². The Labute approximate surface area is 133 Å². The molecule has 0 aliphatic heterocycles. The van der Waals surface area contributed by atoms with Crippen molar-refractivity contribution < 1.29 is 0 Å². The fourth-order valence-corrected chi connectivity index (χ4v) is 2.79. The maximum Gasteiger partial charge on any atom is 0.223 e. The molecule has 1 aliphatic rings. The lowest BCUT2D eigenvalue weighted by atomic mass is 9.79. The van der Waals surface area contributed by atoms with Crippen LogP contribution in [0.4, 0.5) is 17.5 Å². The molecule has 4 rings (SSSR count). The number of benzene rings is 1. The highest BCUT2D eigenvalue weighted by molar-refractivity contribution is 5.78. The minimum absolute atomic E-state index is 0.302. The molecule has 7 nitrogen and oxygen atoms in total. The van der Waals surface area contributed by atoms with Gasteiger partial charge in [0.25, 0.3) is 0 Å². The number of anilines is 3. The molecule has 0 atom stereocenters. The van der Waals surface area contributed by atoms with Crippen LogP contribution >= 0.6 is 0 Å². The number of nitrogens with zero attached hydrogens (tertiary/aromatic N) is 4. The second-order valence-electron chi connectivity index (χ2n) is 5.83. The maximum atomic E-state index is 5.74. The van der Waals surface area contributed by atoms with Crippen molar-refractivity contribution in [2.24, 2.45) is 0 Å². The SMILES string of the molecule is Nc1cnc([C@H]2C[C@H](Nc3ncc4ccccc4n3)C2)nc1N. The van der Waals surface area contributed by atoms with E-state index in [1.54, 1.807) is 6.20 Å². The van der Waals surface area contributed by atoms with E-state index < -0.39 is 0 Å². The molecule has 3 aromatic rings. The number of rotatable bonds is 3. The molecule has 116 valence electrons. The van der Waals surface area contributed by atoms with Crippen LogP contribution in [0.3, 0.4) is 0 Å². The molecule has 7 heteroatoms. The molecule has 0 radical (unpaired) electrons. The molecule has 1 aliphatic carbocycles. The number of fused-ring (bicyclic) bond motifs is 1. The fraction of sp³-hybridized carbons (Fsp3) is 0.250. The number of para-hydroxylation sites is 1. The van der Waals surface area contributed by atoms with Gasteiger partial charge in [0.1, 0.15) is 11.6 Å². The van der Waals surface area contributed by atoms with Crippen molar-refractivity contribution in [3.05, 3.63) is 42.5 Å². The van der Waals surface area contributed by atoms with Gasteiger partial charge in [0.15, 0.2) is 0 Å². The minimum Gasteiger partial charge on any atom is -0.394 e. The van der Waals surface area contributed by atoms with E-state index in [9.17, 15) is 0 Å². The van der Waals surface area contributed by atoms with E-state index in [4.69, 9.17) is 11.5 Å². The van der Waals surface area contributed by atoms with Crippen molar-refractivity contribution in [2.75, 3.05) is 16.8 Å². The van der Waals surface area contributed by atoms with Crippen LogP contribution in [0.1, 0.15) is 24.6 Å².